The Hall–Kier alpha value is 1.29. The molecule has 0 aliphatic rings. The van der Waals surface area contributed by atoms with Crippen molar-refractivity contribution >= 4 is 7.82 Å². The van der Waals surface area contributed by atoms with E-state index in [-0.39, 0.29) is 65.7 Å². The van der Waals surface area contributed by atoms with Crippen LogP contribution in [-0.4, -0.2) is 6.61 Å². The molecule has 0 spiro atoms. The summed E-state index contributed by atoms with van der Waals surface area (Å²) in [5, 5.41) is 0. The summed E-state index contributed by atoms with van der Waals surface area (Å²) < 4.78 is 13.9. The van der Waals surface area contributed by atoms with Crippen LogP contribution in [0.4, 0.5) is 0 Å². The third-order valence-electron chi connectivity index (χ3n) is 5.43. The van der Waals surface area contributed by atoms with E-state index in [1.165, 1.54) is 95.5 Å². The smallest absolute Gasteiger partial charge is 0.788 e. The molecule has 0 atom stereocenters. The van der Waals surface area contributed by atoms with Crippen LogP contribution in [-0.2, 0) is 20.5 Å². The largest absolute Gasteiger partial charge is 1.00 e. The third kappa shape index (κ3) is 25.9. The Kier molecular flexibility index (Phi) is 28.1. The van der Waals surface area contributed by atoms with Gasteiger partial charge in [0, 0.05) is 0 Å². The van der Waals surface area contributed by atoms with Crippen LogP contribution in [0.5, 0.6) is 0 Å². The summed E-state index contributed by atoms with van der Waals surface area (Å²) in [5.74, 6) is 0. The zero-order valence-electron chi connectivity index (χ0n) is 20.6. The van der Waals surface area contributed by atoms with Gasteiger partial charge in [-0.05, 0) is 24.8 Å². The molecule has 1 aromatic carbocycles. The standard InChI is InChI=1S/C24H43O5P.2Na/c25-30(26,27)29-28-23-19-14-12-10-8-6-4-2-1-3-5-7-9-11-13-16-20-24-21-17-15-18-22-24;;/h15,17-18,21-22H,1-14,16,19-20,23H2,(H2,25,26,27);;/q;2*+1/p-2. The fraction of sp³-hybridized carbons (Fsp3) is 0.750. The molecule has 0 aliphatic heterocycles. The van der Waals surface area contributed by atoms with Crippen LogP contribution in [0, 0.1) is 0 Å². The van der Waals surface area contributed by atoms with E-state index in [1.807, 2.05) is 0 Å². The summed E-state index contributed by atoms with van der Waals surface area (Å²) in [6.07, 6.45) is 21.4. The van der Waals surface area contributed by atoms with Crippen molar-refractivity contribution in [3.05, 3.63) is 35.9 Å². The molecule has 0 unspecified atom stereocenters. The van der Waals surface area contributed by atoms with Crippen LogP contribution < -0.4 is 68.9 Å². The summed E-state index contributed by atoms with van der Waals surface area (Å²) in [6, 6.07) is 10.8. The molecular weight excluding hydrogens is 445 g/mol. The summed E-state index contributed by atoms with van der Waals surface area (Å²) in [4.78, 5) is 24.7. The van der Waals surface area contributed by atoms with E-state index in [1.54, 1.807) is 0 Å². The molecule has 0 amide bonds. The minimum Gasteiger partial charge on any atom is -0.788 e. The Bertz CT molecular complexity index is 542. The van der Waals surface area contributed by atoms with Gasteiger partial charge in [-0.25, -0.2) is 9.56 Å². The van der Waals surface area contributed by atoms with Crippen LogP contribution in [0.15, 0.2) is 30.3 Å². The van der Waals surface area contributed by atoms with Crippen LogP contribution in [0.3, 0.4) is 0 Å². The van der Waals surface area contributed by atoms with Crippen LogP contribution in [0.1, 0.15) is 108 Å². The van der Waals surface area contributed by atoms with Crippen molar-refractivity contribution in [2.45, 2.75) is 109 Å². The topological polar surface area (TPSA) is 81.7 Å². The van der Waals surface area contributed by atoms with E-state index in [2.05, 4.69) is 39.9 Å². The van der Waals surface area contributed by atoms with Gasteiger partial charge < -0.3 is 14.4 Å². The summed E-state index contributed by atoms with van der Waals surface area (Å²) in [7, 11) is -4.99. The average Bonchev–Trinajstić information content (AvgIpc) is 2.72. The molecule has 5 nitrogen and oxygen atoms in total. The van der Waals surface area contributed by atoms with Gasteiger partial charge in [0.25, 0.3) is 0 Å². The van der Waals surface area contributed by atoms with Crippen molar-refractivity contribution in [3.8, 4) is 0 Å². The van der Waals surface area contributed by atoms with Gasteiger partial charge in [0.05, 0.1) is 6.61 Å². The van der Waals surface area contributed by atoms with Gasteiger partial charge >= 0.3 is 59.1 Å². The molecule has 0 fully saturated rings. The Balaban J connectivity index is 0. The molecule has 0 aliphatic carbocycles. The predicted molar refractivity (Wildman–Crippen MR) is 119 cm³/mol. The van der Waals surface area contributed by atoms with E-state index >= 15 is 0 Å². The first-order valence-electron chi connectivity index (χ1n) is 11.9. The summed E-state index contributed by atoms with van der Waals surface area (Å²) in [6.45, 7) is 0.155. The fourth-order valence-electron chi connectivity index (χ4n) is 3.71. The molecular formula is C24H41Na2O5P. The molecule has 1 aromatic rings. The van der Waals surface area contributed by atoms with Crippen molar-refractivity contribution in [3.63, 3.8) is 0 Å². The van der Waals surface area contributed by atoms with E-state index in [0.717, 1.165) is 12.8 Å². The maximum Gasteiger partial charge on any atom is 1.00 e. The monoisotopic (exact) mass is 486 g/mol. The molecule has 0 saturated heterocycles. The molecule has 0 saturated carbocycles. The van der Waals surface area contributed by atoms with E-state index in [4.69, 9.17) is 0 Å². The van der Waals surface area contributed by atoms with Crippen molar-refractivity contribution in [2.75, 3.05) is 6.61 Å². The number of benzene rings is 1. The number of rotatable bonds is 21. The van der Waals surface area contributed by atoms with Gasteiger partial charge in [0.2, 0.25) is 0 Å². The van der Waals surface area contributed by atoms with E-state index in [9.17, 15) is 14.4 Å². The number of phosphoric acid groups is 1. The molecule has 0 aromatic heterocycles. The summed E-state index contributed by atoms with van der Waals surface area (Å²) in [5.41, 5.74) is 1.47. The van der Waals surface area contributed by atoms with Gasteiger partial charge in [-0.2, -0.15) is 0 Å². The average molecular weight is 487 g/mol. The second-order valence-electron chi connectivity index (χ2n) is 8.24. The predicted octanol–water partition coefficient (Wildman–Crippen LogP) is 0.256. The first kappa shape index (κ1) is 35.5. The Morgan fingerprint density at radius 1 is 0.594 bits per heavy atom. The molecule has 1 rings (SSSR count). The minimum atomic E-state index is -4.99. The van der Waals surface area contributed by atoms with E-state index < -0.39 is 7.82 Å². The molecule has 174 valence electrons. The van der Waals surface area contributed by atoms with Crippen molar-refractivity contribution < 1.29 is 83.0 Å². The number of aryl methyl sites for hydroxylation is 1. The Labute approximate surface area is 240 Å². The number of unbranched alkanes of at least 4 members (excludes halogenated alkanes) is 15. The zero-order chi connectivity index (χ0) is 21.8. The quantitative estimate of drug-likeness (QED) is 0.0819. The van der Waals surface area contributed by atoms with E-state index in [0.29, 0.717) is 6.42 Å². The molecule has 0 bridgehead atoms. The van der Waals surface area contributed by atoms with Gasteiger partial charge in [0.15, 0.2) is 0 Å². The van der Waals surface area contributed by atoms with Crippen molar-refractivity contribution in [1.29, 1.82) is 0 Å². The molecule has 8 heteroatoms. The maximum atomic E-state index is 10.2. The zero-order valence-corrected chi connectivity index (χ0v) is 25.5. The van der Waals surface area contributed by atoms with Gasteiger partial charge in [-0.1, -0.05) is 120 Å². The van der Waals surface area contributed by atoms with Crippen LogP contribution in [0.25, 0.3) is 0 Å². The summed E-state index contributed by atoms with van der Waals surface area (Å²) >= 11 is 0. The first-order valence-corrected chi connectivity index (χ1v) is 13.4. The second kappa shape index (κ2) is 25.4. The molecule has 0 radical (unpaired) electrons. The number of hydrogen-bond acceptors (Lipinski definition) is 5. The molecule has 0 heterocycles. The molecule has 0 N–H and O–H groups in total. The number of hydrogen-bond donors (Lipinski definition) is 0. The van der Waals surface area contributed by atoms with Crippen molar-refractivity contribution in [1.82, 2.24) is 0 Å². The van der Waals surface area contributed by atoms with Gasteiger partial charge in [-0.3, -0.25) is 0 Å². The van der Waals surface area contributed by atoms with Crippen molar-refractivity contribution in [2.24, 2.45) is 0 Å². The third-order valence-corrected chi connectivity index (χ3v) is 5.72. The minimum absolute atomic E-state index is 0. The second-order valence-corrected chi connectivity index (χ2v) is 9.28. The van der Waals surface area contributed by atoms with Gasteiger partial charge in [-0.15, -0.1) is 0 Å². The van der Waals surface area contributed by atoms with Crippen LogP contribution in [0.2, 0.25) is 0 Å². The molecule has 32 heavy (non-hydrogen) atoms. The maximum absolute atomic E-state index is 10.2. The SMILES string of the molecule is O=P([O-])([O-])OOCCCCCCCCCCCCCCCCCCc1ccccc1.[Na+].[Na+]. The first-order chi connectivity index (χ1) is 14.6. The Morgan fingerprint density at radius 3 is 1.38 bits per heavy atom. The Morgan fingerprint density at radius 2 is 0.969 bits per heavy atom. The fourth-order valence-corrected chi connectivity index (χ4v) is 3.92. The normalized spacial score (nSPS) is 11.1. The van der Waals surface area contributed by atoms with Gasteiger partial charge in [0.1, 0.15) is 7.82 Å². The van der Waals surface area contributed by atoms with Crippen LogP contribution >= 0.6 is 7.82 Å².